The predicted octanol–water partition coefficient (Wildman–Crippen LogP) is 2.33. The molecule has 0 amide bonds. The maximum absolute atomic E-state index is 12.3. The van der Waals surface area contributed by atoms with Gasteiger partial charge in [-0.3, -0.25) is 19.3 Å². The fraction of sp³-hybridized carbons (Fsp3) is 0.211. The van der Waals surface area contributed by atoms with Gasteiger partial charge in [0.05, 0.1) is 16.2 Å². The Morgan fingerprint density at radius 2 is 2.00 bits per heavy atom. The minimum atomic E-state index is -0.736. The van der Waals surface area contributed by atoms with Crippen LogP contribution in [0.5, 0.6) is 0 Å². The fourth-order valence-corrected chi connectivity index (χ4v) is 2.84. The lowest BCUT2D eigenvalue weighted by atomic mass is 10.1. The topological polar surface area (TPSA) is 107 Å². The number of hydrogen-bond donors (Lipinski definition) is 0. The summed E-state index contributed by atoms with van der Waals surface area (Å²) in [6, 6.07) is 10.7. The minimum Gasteiger partial charge on any atom is -0.456 e. The van der Waals surface area contributed by atoms with Crippen molar-refractivity contribution in [3.05, 3.63) is 79.9 Å². The predicted molar refractivity (Wildman–Crippen MR) is 103 cm³/mol. The molecular formula is C19H18N4O5. The van der Waals surface area contributed by atoms with Crippen LogP contribution in [-0.2, 0) is 11.3 Å². The molecule has 0 aliphatic rings. The standard InChI is InChI=1S/C19H18N4O5/c1-12-5-4-6-17-20-14(10-18(24)22(12)17)11-28-19(25)13-7-8-15(21(2)3)16(9-13)23(26)27/h4-10H,11H2,1-3H3. The summed E-state index contributed by atoms with van der Waals surface area (Å²) in [6.45, 7) is 1.57. The first-order valence-corrected chi connectivity index (χ1v) is 8.39. The highest BCUT2D eigenvalue weighted by atomic mass is 16.6. The highest BCUT2D eigenvalue weighted by Crippen LogP contribution is 2.28. The van der Waals surface area contributed by atoms with Crippen molar-refractivity contribution in [1.29, 1.82) is 0 Å². The zero-order valence-corrected chi connectivity index (χ0v) is 15.6. The molecule has 0 aliphatic heterocycles. The van der Waals surface area contributed by atoms with E-state index in [1.807, 2.05) is 0 Å². The number of esters is 1. The summed E-state index contributed by atoms with van der Waals surface area (Å²) in [6.07, 6.45) is 0. The molecule has 0 atom stereocenters. The number of pyridine rings is 1. The van der Waals surface area contributed by atoms with Crippen LogP contribution in [0, 0.1) is 17.0 Å². The van der Waals surface area contributed by atoms with E-state index in [4.69, 9.17) is 4.74 Å². The van der Waals surface area contributed by atoms with Crippen molar-refractivity contribution in [2.45, 2.75) is 13.5 Å². The lowest BCUT2D eigenvalue weighted by molar-refractivity contribution is -0.384. The molecule has 3 aromatic rings. The average molecular weight is 382 g/mol. The van der Waals surface area contributed by atoms with E-state index in [1.54, 1.807) is 44.1 Å². The van der Waals surface area contributed by atoms with Gasteiger partial charge in [-0.25, -0.2) is 9.78 Å². The van der Waals surface area contributed by atoms with Gasteiger partial charge in [-0.2, -0.15) is 0 Å². The van der Waals surface area contributed by atoms with E-state index in [1.165, 1.54) is 28.7 Å². The quantitative estimate of drug-likeness (QED) is 0.379. The molecule has 144 valence electrons. The second-order valence-electron chi connectivity index (χ2n) is 6.38. The van der Waals surface area contributed by atoms with Crippen LogP contribution in [0.2, 0.25) is 0 Å². The van der Waals surface area contributed by atoms with Crippen LogP contribution >= 0.6 is 0 Å². The van der Waals surface area contributed by atoms with Crippen LogP contribution in [0.25, 0.3) is 5.65 Å². The largest absolute Gasteiger partial charge is 0.456 e. The van der Waals surface area contributed by atoms with Gasteiger partial charge in [0, 0.05) is 31.9 Å². The Bertz CT molecular complexity index is 1140. The number of hydrogen-bond acceptors (Lipinski definition) is 7. The van der Waals surface area contributed by atoms with Crippen molar-refractivity contribution in [2.24, 2.45) is 0 Å². The van der Waals surface area contributed by atoms with Crippen LogP contribution < -0.4 is 10.5 Å². The van der Waals surface area contributed by atoms with Crippen molar-refractivity contribution in [3.8, 4) is 0 Å². The Morgan fingerprint density at radius 3 is 2.68 bits per heavy atom. The van der Waals surface area contributed by atoms with Crippen molar-refractivity contribution >= 4 is 23.0 Å². The molecule has 9 nitrogen and oxygen atoms in total. The van der Waals surface area contributed by atoms with E-state index in [0.717, 1.165) is 5.69 Å². The van der Waals surface area contributed by atoms with Crippen LogP contribution in [0.1, 0.15) is 21.7 Å². The second kappa shape index (κ2) is 7.47. The normalized spacial score (nSPS) is 10.7. The van der Waals surface area contributed by atoms with Crippen LogP contribution in [0.3, 0.4) is 0 Å². The van der Waals surface area contributed by atoms with Crippen molar-refractivity contribution < 1.29 is 14.5 Å². The maximum atomic E-state index is 12.3. The third kappa shape index (κ3) is 3.68. The summed E-state index contributed by atoms with van der Waals surface area (Å²) >= 11 is 0. The number of anilines is 1. The number of nitro groups is 1. The van der Waals surface area contributed by atoms with Gasteiger partial charge < -0.3 is 9.64 Å². The first-order valence-electron chi connectivity index (χ1n) is 8.39. The number of aryl methyl sites for hydroxylation is 1. The summed E-state index contributed by atoms with van der Waals surface area (Å²) in [5.41, 5.74) is 1.43. The lowest BCUT2D eigenvalue weighted by Gasteiger charge is -2.13. The Kier molecular flexibility index (Phi) is 5.08. The number of rotatable bonds is 5. The molecule has 0 saturated heterocycles. The second-order valence-corrected chi connectivity index (χ2v) is 6.38. The molecular weight excluding hydrogens is 364 g/mol. The van der Waals surface area contributed by atoms with Gasteiger partial charge in [0.1, 0.15) is 17.9 Å². The van der Waals surface area contributed by atoms with Crippen LogP contribution in [-0.4, -0.2) is 34.4 Å². The fourth-order valence-electron chi connectivity index (χ4n) is 2.84. The third-order valence-corrected chi connectivity index (χ3v) is 4.17. The van der Waals surface area contributed by atoms with Gasteiger partial charge in [0.25, 0.3) is 11.2 Å². The van der Waals surface area contributed by atoms with Crippen molar-refractivity contribution in [2.75, 3.05) is 19.0 Å². The minimum absolute atomic E-state index is 0.0469. The number of benzene rings is 1. The van der Waals surface area contributed by atoms with Gasteiger partial charge in [-0.15, -0.1) is 0 Å². The summed E-state index contributed by atoms with van der Waals surface area (Å²) in [7, 11) is 3.35. The molecule has 0 spiro atoms. The number of nitrogens with zero attached hydrogens (tertiary/aromatic N) is 4. The number of ether oxygens (including phenoxy) is 1. The molecule has 2 aromatic heterocycles. The molecule has 0 aliphatic carbocycles. The number of nitro benzene ring substituents is 1. The number of fused-ring (bicyclic) bond motifs is 1. The van der Waals surface area contributed by atoms with E-state index < -0.39 is 10.9 Å². The molecule has 9 heteroatoms. The van der Waals surface area contributed by atoms with E-state index in [0.29, 0.717) is 17.0 Å². The zero-order valence-electron chi connectivity index (χ0n) is 15.6. The third-order valence-electron chi connectivity index (χ3n) is 4.17. The number of carbonyl (C=O) groups is 1. The van der Waals surface area contributed by atoms with E-state index in [-0.39, 0.29) is 23.4 Å². The number of carbonyl (C=O) groups excluding carboxylic acids is 1. The lowest BCUT2D eigenvalue weighted by Crippen LogP contribution is -2.18. The van der Waals surface area contributed by atoms with Gasteiger partial charge in [-0.1, -0.05) is 6.07 Å². The molecule has 0 saturated carbocycles. The summed E-state index contributed by atoms with van der Waals surface area (Å²) in [5, 5.41) is 11.2. The molecule has 0 N–H and O–H groups in total. The zero-order chi connectivity index (χ0) is 20.4. The van der Waals surface area contributed by atoms with Gasteiger partial charge in [0.15, 0.2) is 0 Å². The van der Waals surface area contributed by atoms with E-state index >= 15 is 0 Å². The Balaban J connectivity index is 1.83. The SMILES string of the molecule is Cc1cccc2nc(COC(=O)c3ccc(N(C)C)c([N+](=O)[O-])c3)cc(=O)n12. The summed E-state index contributed by atoms with van der Waals surface area (Å²) in [4.78, 5) is 41.2. The summed E-state index contributed by atoms with van der Waals surface area (Å²) in [5.74, 6) is -0.736. The Morgan fingerprint density at radius 1 is 1.25 bits per heavy atom. The first kappa shape index (κ1) is 19.0. The van der Waals surface area contributed by atoms with E-state index in [2.05, 4.69) is 4.98 Å². The highest BCUT2D eigenvalue weighted by Gasteiger charge is 2.19. The van der Waals surface area contributed by atoms with Crippen molar-refractivity contribution in [1.82, 2.24) is 9.38 Å². The first-order chi connectivity index (χ1) is 13.3. The number of aromatic nitrogens is 2. The highest BCUT2D eigenvalue weighted by molar-refractivity contribution is 5.91. The average Bonchev–Trinajstić information content (AvgIpc) is 2.65. The van der Waals surface area contributed by atoms with Gasteiger partial charge >= 0.3 is 5.97 Å². The molecule has 0 bridgehead atoms. The molecule has 28 heavy (non-hydrogen) atoms. The van der Waals surface area contributed by atoms with Gasteiger partial charge in [0.2, 0.25) is 0 Å². The van der Waals surface area contributed by atoms with Crippen LogP contribution in [0.15, 0.2) is 47.3 Å². The smallest absolute Gasteiger partial charge is 0.338 e. The Hall–Kier alpha value is -3.75. The van der Waals surface area contributed by atoms with E-state index in [9.17, 15) is 19.7 Å². The van der Waals surface area contributed by atoms with Gasteiger partial charge in [-0.05, 0) is 31.2 Å². The Labute approximate surface area is 160 Å². The molecule has 0 unspecified atom stereocenters. The summed E-state index contributed by atoms with van der Waals surface area (Å²) < 4.78 is 6.65. The van der Waals surface area contributed by atoms with Crippen LogP contribution in [0.4, 0.5) is 11.4 Å². The van der Waals surface area contributed by atoms with Crippen molar-refractivity contribution in [3.63, 3.8) is 0 Å². The monoisotopic (exact) mass is 382 g/mol. The maximum Gasteiger partial charge on any atom is 0.338 e. The molecule has 2 heterocycles. The molecule has 0 fully saturated rings. The molecule has 0 radical (unpaired) electrons. The molecule has 1 aromatic carbocycles. The molecule has 3 rings (SSSR count).